The maximum absolute atomic E-state index is 12.7. The van der Waals surface area contributed by atoms with Crippen molar-refractivity contribution in [2.75, 3.05) is 13.1 Å². The molecule has 0 saturated carbocycles. The van der Waals surface area contributed by atoms with E-state index in [2.05, 4.69) is 12.4 Å². The van der Waals surface area contributed by atoms with Gasteiger partial charge in [-0.3, -0.25) is 26.7 Å². The molecule has 2 fully saturated rings. The topological polar surface area (TPSA) is 89.9 Å². The molecule has 3 aliphatic rings. The predicted octanol–water partition coefficient (Wildman–Crippen LogP) is 0.520. The Kier molecular flexibility index (Phi) is 5.57. The first-order chi connectivity index (χ1) is 12.4. The Labute approximate surface area is 172 Å². The van der Waals surface area contributed by atoms with E-state index in [1.807, 2.05) is 17.0 Å². The van der Waals surface area contributed by atoms with E-state index in [1.165, 1.54) is 4.90 Å². The largest absolute Gasteiger partial charge is 0.459 e. The number of likely N-dealkylation sites (tertiary alicyclic amines) is 1. The van der Waals surface area contributed by atoms with Crippen molar-refractivity contribution < 1.29 is 40.6 Å². The molecule has 1 aromatic carbocycles. The molecule has 144 valence electrons. The van der Waals surface area contributed by atoms with Gasteiger partial charge in [0.25, 0.3) is 5.91 Å². The summed E-state index contributed by atoms with van der Waals surface area (Å²) in [4.78, 5) is 39.6. The number of nitrogens with one attached hydrogen (secondary N) is 1. The summed E-state index contributed by atoms with van der Waals surface area (Å²) in [5, 5.41) is 13.3. The monoisotopic (exact) mass is 540 g/mol. The number of benzene rings is 1. The fourth-order valence-corrected chi connectivity index (χ4v) is 4.08. The first kappa shape index (κ1) is 20.2. The maximum Gasteiger partial charge on any atom is 0.255 e. The average molecular weight is 540 g/mol. The van der Waals surface area contributed by atoms with Crippen molar-refractivity contribution in [2.45, 2.75) is 43.9 Å². The Hall–Kier alpha value is -1.56. The second kappa shape index (κ2) is 7.45. The standard InChI is InChI=1S/C19H22N3O4.W/c1-21-8-6-19(26,7-9-21)13-2-3-14-12(10-13)11-22(18(14)25)15-4-5-16(23)20-17(15)24;/h2-3,10,15,26H,1,4-9,11H2,(H,20,23,24);/q-1;. The molecule has 0 spiro atoms. The van der Waals surface area contributed by atoms with Gasteiger partial charge in [-0.1, -0.05) is 12.1 Å². The molecule has 1 atom stereocenters. The van der Waals surface area contributed by atoms with Crippen LogP contribution in [0, 0.1) is 7.05 Å². The molecule has 0 bridgehead atoms. The third-order valence-corrected chi connectivity index (χ3v) is 5.74. The van der Waals surface area contributed by atoms with Crippen LogP contribution in [-0.2, 0) is 42.8 Å². The number of rotatable bonds is 2. The molecule has 4 rings (SSSR count). The molecule has 0 radical (unpaired) electrons. The third-order valence-electron chi connectivity index (χ3n) is 5.74. The van der Waals surface area contributed by atoms with Crippen LogP contribution in [0.4, 0.5) is 0 Å². The SMILES string of the molecule is [CH2-]N1CCC(O)(c2ccc3c(c2)CN(C2CCC(=O)NC2=O)C3=O)CC1.[W]. The summed E-state index contributed by atoms with van der Waals surface area (Å²) >= 11 is 0. The number of imide groups is 1. The number of piperidine rings is 2. The van der Waals surface area contributed by atoms with Gasteiger partial charge in [0, 0.05) is 39.6 Å². The first-order valence-corrected chi connectivity index (χ1v) is 8.93. The van der Waals surface area contributed by atoms with Gasteiger partial charge in [0.1, 0.15) is 6.04 Å². The zero-order valence-corrected chi connectivity index (χ0v) is 17.9. The van der Waals surface area contributed by atoms with E-state index in [0.29, 0.717) is 31.4 Å². The average Bonchev–Trinajstić information content (AvgIpc) is 2.94. The van der Waals surface area contributed by atoms with Crippen molar-refractivity contribution >= 4 is 17.7 Å². The van der Waals surface area contributed by atoms with Gasteiger partial charge in [0.15, 0.2) is 0 Å². The molecule has 0 aromatic heterocycles. The summed E-state index contributed by atoms with van der Waals surface area (Å²) in [6.07, 6.45) is 1.78. The second-order valence-corrected chi connectivity index (χ2v) is 7.42. The van der Waals surface area contributed by atoms with Crippen LogP contribution in [0.25, 0.3) is 0 Å². The summed E-state index contributed by atoms with van der Waals surface area (Å²) in [6.45, 7) is 1.76. The fourth-order valence-electron chi connectivity index (χ4n) is 4.08. The van der Waals surface area contributed by atoms with E-state index in [0.717, 1.165) is 24.2 Å². The Morgan fingerprint density at radius 3 is 2.56 bits per heavy atom. The Morgan fingerprint density at radius 1 is 1.19 bits per heavy atom. The van der Waals surface area contributed by atoms with E-state index < -0.39 is 17.6 Å². The molecule has 2 N–H and O–H groups in total. The fraction of sp³-hybridized carbons (Fsp3) is 0.474. The van der Waals surface area contributed by atoms with Crippen molar-refractivity contribution in [1.82, 2.24) is 15.1 Å². The van der Waals surface area contributed by atoms with Crippen LogP contribution < -0.4 is 5.32 Å². The van der Waals surface area contributed by atoms with Gasteiger partial charge < -0.3 is 14.9 Å². The number of carbonyl (C=O) groups is 3. The molecule has 27 heavy (non-hydrogen) atoms. The van der Waals surface area contributed by atoms with Crippen LogP contribution in [0.1, 0.15) is 47.2 Å². The molecule has 8 heteroatoms. The summed E-state index contributed by atoms with van der Waals surface area (Å²) in [7, 11) is 3.91. The number of hydrogen-bond acceptors (Lipinski definition) is 5. The van der Waals surface area contributed by atoms with Crippen molar-refractivity contribution in [2.24, 2.45) is 0 Å². The molecular weight excluding hydrogens is 518 g/mol. The number of hydrogen-bond donors (Lipinski definition) is 2. The summed E-state index contributed by atoms with van der Waals surface area (Å²) in [6, 6.07) is 4.82. The minimum Gasteiger partial charge on any atom is -0.459 e. The Bertz CT molecular complexity index is 789. The van der Waals surface area contributed by atoms with Gasteiger partial charge in [-0.15, -0.1) is 0 Å². The molecule has 3 amide bonds. The van der Waals surface area contributed by atoms with Gasteiger partial charge in [0.2, 0.25) is 11.8 Å². The number of nitrogens with zero attached hydrogens (tertiary/aromatic N) is 2. The van der Waals surface area contributed by atoms with Crippen molar-refractivity contribution in [3.63, 3.8) is 0 Å². The predicted molar refractivity (Wildman–Crippen MR) is 92.5 cm³/mol. The Balaban J connectivity index is 0.00000210. The van der Waals surface area contributed by atoms with E-state index in [-0.39, 0.29) is 39.3 Å². The van der Waals surface area contributed by atoms with Crippen LogP contribution >= 0.6 is 0 Å². The van der Waals surface area contributed by atoms with E-state index >= 15 is 0 Å². The molecule has 3 aliphatic heterocycles. The molecule has 2 saturated heterocycles. The van der Waals surface area contributed by atoms with Crippen LogP contribution in [-0.4, -0.2) is 51.8 Å². The molecule has 1 aromatic rings. The molecule has 1 unspecified atom stereocenters. The second-order valence-electron chi connectivity index (χ2n) is 7.42. The normalized spacial score (nSPS) is 25.0. The molecule has 3 heterocycles. The zero-order valence-electron chi connectivity index (χ0n) is 14.9. The van der Waals surface area contributed by atoms with Crippen molar-refractivity contribution in [3.05, 3.63) is 41.9 Å². The van der Waals surface area contributed by atoms with Crippen LogP contribution in [0.15, 0.2) is 18.2 Å². The van der Waals surface area contributed by atoms with E-state index in [4.69, 9.17) is 0 Å². The van der Waals surface area contributed by atoms with E-state index in [1.54, 1.807) is 6.07 Å². The minimum atomic E-state index is -0.908. The maximum atomic E-state index is 12.7. The number of amides is 3. The number of carbonyl (C=O) groups excluding carboxylic acids is 3. The first-order valence-electron chi connectivity index (χ1n) is 8.93. The minimum absolute atomic E-state index is 0. The summed E-state index contributed by atoms with van der Waals surface area (Å²) in [5.74, 6) is -0.902. The van der Waals surface area contributed by atoms with Crippen molar-refractivity contribution in [1.29, 1.82) is 0 Å². The Morgan fingerprint density at radius 2 is 1.89 bits per heavy atom. The van der Waals surface area contributed by atoms with Gasteiger partial charge in [0.05, 0.1) is 5.60 Å². The van der Waals surface area contributed by atoms with Crippen LogP contribution in [0.5, 0.6) is 0 Å². The van der Waals surface area contributed by atoms with Gasteiger partial charge in [-0.05, 0) is 49.5 Å². The van der Waals surface area contributed by atoms with E-state index in [9.17, 15) is 19.5 Å². The van der Waals surface area contributed by atoms with Gasteiger partial charge >= 0.3 is 0 Å². The number of aliphatic hydroxyl groups is 1. The van der Waals surface area contributed by atoms with Gasteiger partial charge in [-0.25, -0.2) is 0 Å². The van der Waals surface area contributed by atoms with Gasteiger partial charge in [-0.2, -0.15) is 0 Å². The molecule has 0 aliphatic carbocycles. The zero-order chi connectivity index (χ0) is 18.5. The van der Waals surface area contributed by atoms with Crippen LogP contribution in [0.3, 0.4) is 0 Å². The van der Waals surface area contributed by atoms with Crippen molar-refractivity contribution in [3.8, 4) is 0 Å². The summed E-state index contributed by atoms with van der Waals surface area (Å²) in [5.41, 5.74) is 1.29. The molecule has 7 nitrogen and oxygen atoms in total. The third kappa shape index (κ3) is 3.60. The smallest absolute Gasteiger partial charge is 0.255 e. The number of fused-ring (bicyclic) bond motifs is 1. The summed E-state index contributed by atoms with van der Waals surface area (Å²) < 4.78 is 0. The quantitative estimate of drug-likeness (QED) is 0.422. The molecular formula is C19H22N3O4W-. The van der Waals surface area contributed by atoms with Crippen LogP contribution in [0.2, 0.25) is 0 Å².